The van der Waals surface area contributed by atoms with Gasteiger partial charge in [-0.2, -0.15) is 23.3 Å². The van der Waals surface area contributed by atoms with Gasteiger partial charge in [-0.25, -0.2) is 18.4 Å². The van der Waals surface area contributed by atoms with Gasteiger partial charge in [0.1, 0.15) is 0 Å². The predicted octanol–water partition coefficient (Wildman–Crippen LogP) is 1.87. The lowest BCUT2D eigenvalue weighted by Gasteiger charge is -2.12. The highest BCUT2D eigenvalue weighted by Gasteiger charge is 2.46. The van der Waals surface area contributed by atoms with Crippen molar-refractivity contribution in [3.05, 3.63) is 64.1 Å². The second-order valence-corrected chi connectivity index (χ2v) is 8.87. The number of aryl methyl sites for hydroxylation is 2. The lowest BCUT2D eigenvalue weighted by atomic mass is 10.1. The zero-order valence-corrected chi connectivity index (χ0v) is 18.0. The van der Waals surface area contributed by atoms with E-state index in [9.17, 15) is 31.2 Å². The smallest absolute Gasteiger partial charge is 0.295 e. The number of imidazole rings is 1. The van der Waals surface area contributed by atoms with E-state index in [2.05, 4.69) is 5.10 Å². The highest BCUT2D eigenvalue weighted by Crippen LogP contribution is 2.33. The maximum atomic E-state index is 13.7. The van der Waals surface area contributed by atoms with Gasteiger partial charge < -0.3 is 0 Å². The van der Waals surface area contributed by atoms with E-state index in [0.29, 0.717) is 16.0 Å². The van der Waals surface area contributed by atoms with Crippen molar-refractivity contribution in [2.24, 2.45) is 24.3 Å². The van der Waals surface area contributed by atoms with E-state index >= 15 is 0 Å². The number of hydrogen-bond donors (Lipinski definition) is 1. The number of aromatic nitrogens is 2. The molecule has 2 heterocycles. The van der Waals surface area contributed by atoms with E-state index in [4.69, 9.17) is 5.14 Å². The number of alkyl halides is 3. The Hall–Kier alpha value is -3.71. The Morgan fingerprint density at radius 1 is 0.970 bits per heavy atom. The van der Waals surface area contributed by atoms with Gasteiger partial charge in [0.05, 0.1) is 27.2 Å². The van der Waals surface area contributed by atoms with Crippen LogP contribution in [0.4, 0.5) is 18.9 Å². The van der Waals surface area contributed by atoms with Crippen molar-refractivity contribution >= 4 is 44.4 Å². The fourth-order valence-corrected chi connectivity index (χ4v) is 4.00. The number of nitrogens with two attached hydrogens (primary N) is 1. The molecule has 1 amide bonds. The summed E-state index contributed by atoms with van der Waals surface area (Å²) in [4.78, 5) is 24.7. The summed E-state index contributed by atoms with van der Waals surface area (Å²) in [6.45, 7) is 0. The molecule has 0 aliphatic carbocycles. The predicted molar refractivity (Wildman–Crippen MR) is 115 cm³/mol. The first-order chi connectivity index (χ1) is 15.3. The Morgan fingerprint density at radius 2 is 1.58 bits per heavy atom. The number of nitrogens with zero attached hydrogens (tertiary/aromatic N) is 4. The second kappa shape index (κ2) is 7.42. The van der Waals surface area contributed by atoms with Gasteiger partial charge in [-0.15, -0.1) is 0 Å². The van der Waals surface area contributed by atoms with Crippen LogP contribution in [0.25, 0.3) is 17.1 Å². The molecule has 0 bridgehead atoms. The average molecular weight is 479 g/mol. The highest BCUT2D eigenvalue weighted by molar-refractivity contribution is 7.89. The number of carbonyl (C=O) groups is 1. The molecular formula is C20H16F3N5O4S. The van der Waals surface area contributed by atoms with Crippen molar-refractivity contribution in [3.8, 4) is 0 Å². The number of carbonyl (C=O) groups excluding carboxylic acids is 1. The maximum absolute atomic E-state index is 13.7. The first-order valence-electron chi connectivity index (χ1n) is 9.29. The first-order valence-corrected chi connectivity index (χ1v) is 10.8. The summed E-state index contributed by atoms with van der Waals surface area (Å²) in [5.41, 5.74) is -1.16. The molecule has 0 unspecified atom stereocenters. The largest absolute Gasteiger partial charge is 0.435 e. The Morgan fingerprint density at radius 3 is 2.15 bits per heavy atom. The summed E-state index contributed by atoms with van der Waals surface area (Å²) in [5, 5.41) is 9.00. The van der Waals surface area contributed by atoms with Gasteiger partial charge in [-0.1, -0.05) is 6.07 Å². The molecule has 1 aliphatic rings. The number of primary sulfonamides is 1. The van der Waals surface area contributed by atoms with E-state index in [1.54, 1.807) is 13.1 Å². The van der Waals surface area contributed by atoms with Crippen LogP contribution in [0, 0.1) is 0 Å². The van der Waals surface area contributed by atoms with Crippen LogP contribution in [0.3, 0.4) is 0 Å². The number of hydrazone groups is 1. The topological polar surface area (TPSA) is 120 Å². The average Bonchev–Trinajstić information content (AvgIpc) is 3.17. The van der Waals surface area contributed by atoms with E-state index in [-0.39, 0.29) is 21.8 Å². The van der Waals surface area contributed by atoms with Gasteiger partial charge in [0.15, 0.2) is 5.71 Å². The van der Waals surface area contributed by atoms with Crippen LogP contribution in [0.15, 0.2) is 62.8 Å². The minimum atomic E-state index is -4.93. The molecule has 172 valence electrons. The summed E-state index contributed by atoms with van der Waals surface area (Å²) in [6, 6.07) is 8.93. The second-order valence-electron chi connectivity index (χ2n) is 7.31. The summed E-state index contributed by atoms with van der Waals surface area (Å²) in [7, 11) is -0.930. The number of anilines is 1. The van der Waals surface area contributed by atoms with Crippen molar-refractivity contribution in [1.29, 1.82) is 0 Å². The van der Waals surface area contributed by atoms with Crippen LogP contribution >= 0.6 is 0 Å². The summed E-state index contributed by atoms with van der Waals surface area (Å²) in [5.74, 6) is -1.05. The molecule has 4 rings (SSSR count). The van der Waals surface area contributed by atoms with Crippen molar-refractivity contribution in [2.45, 2.75) is 11.1 Å². The molecule has 2 N–H and O–H groups in total. The minimum absolute atomic E-state index is 0.0709. The summed E-state index contributed by atoms with van der Waals surface area (Å²) >= 11 is 0. The minimum Gasteiger partial charge on any atom is -0.295 e. The number of benzene rings is 2. The maximum Gasteiger partial charge on any atom is 0.435 e. The van der Waals surface area contributed by atoms with Gasteiger partial charge in [0.2, 0.25) is 10.0 Å². The van der Waals surface area contributed by atoms with Crippen LogP contribution in [0.1, 0.15) is 5.56 Å². The van der Waals surface area contributed by atoms with Crippen LogP contribution in [0.2, 0.25) is 0 Å². The van der Waals surface area contributed by atoms with Crippen molar-refractivity contribution in [2.75, 3.05) is 5.01 Å². The van der Waals surface area contributed by atoms with Crippen LogP contribution < -0.4 is 15.8 Å². The van der Waals surface area contributed by atoms with Gasteiger partial charge in [-0.05, 0) is 48.0 Å². The molecule has 13 heteroatoms. The number of hydrogen-bond acceptors (Lipinski definition) is 5. The normalized spacial score (nSPS) is 16.2. The van der Waals surface area contributed by atoms with Gasteiger partial charge in [0, 0.05) is 14.1 Å². The molecule has 0 spiro atoms. The summed E-state index contributed by atoms with van der Waals surface area (Å²) < 4.78 is 66.5. The fraction of sp³-hybridized carbons (Fsp3) is 0.150. The molecule has 0 radical (unpaired) electrons. The number of fused-ring (bicyclic) bond motifs is 1. The van der Waals surface area contributed by atoms with Gasteiger partial charge in [-0.3, -0.25) is 13.9 Å². The lowest BCUT2D eigenvalue weighted by Crippen LogP contribution is -2.25. The fourth-order valence-electron chi connectivity index (χ4n) is 3.49. The van der Waals surface area contributed by atoms with Crippen molar-refractivity contribution in [3.63, 3.8) is 0 Å². The molecule has 1 aromatic heterocycles. The first kappa shape index (κ1) is 22.5. The van der Waals surface area contributed by atoms with Crippen LogP contribution in [-0.4, -0.2) is 35.3 Å². The Balaban J connectivity index is 1.80. The molecule has 9 nitrogen and oxygen atoms in total. The lowest BCUT2D eigenvalue weighted by molar-refractivity contribution is -0.114. The highest BCUT2D eigenvalue weighted by atomic mass is 32.2. The third-order valence-corrected chi connectivity index (χ3v) is 6.09. The van der Waals surface area contributed by atoms with Gasteiger partial charge in [0.25, 0.3) is 5.91 Å². The van der Waals surface area contributed by atoms with Gasteiger partial charge >= 0.3 is 11.9 Å². The molecular weight excluding hydrogens is 463 g/mol. The molecule has 0 saturated heterocycles. The van der Waals surface area contributed by atoms with Crippen molar-refractivity contribution < 1.29 is 26.4 Å². The molecule has 1 aliphatic heterocycles. The quantitative estimate of drug-likeness (QED) is 0.577. The van der Waals surface area contributed by atoms with Crippen LogP contribution in [0.5, 0.6) is 0 Å². The Bertz CT molecular complexity index is 1530. The van der Waals surface area contributed by atoms with E-state index < -0.39 is 33.4 Å². The SMILES string of the molecule is Cn1c(=O)n(C)c2cc(C=C3C(=O)N(c4ccc(S(N)(=O)=O)cc4)N=C3C(F)(F)F)ccc21. The zero-order chi connectivity index (χ0) is 24.3. The van der Waals surface area contributed by atoms with E-state index in [1.807, 2.05) is 0 Å². The Kier molecular flexibility index (Phi) is 5.05. The number of sulfonamides is 1. The van der Waals surface area contributed by atoms with E-state index in [0.717, 1.165) is 30.3 Å². The molecule has 33 heavy (non-hydrogen) atoms. The third-order valence-electron chi connectivity index (χ3n) is 5.16. The molecule has 0 atom stereocenters. The monoisotopic (exact) mass is 479 g/mol. The van der Waals surface area contributed by atoms with Crippen molar-refractivity contribution in [1.82, 2.24) is 9.13 Å². The number of amides is 1. The van der Waals surface area contributed by atoms with E-state index in [1.165, 1.54) is 28.3 Å². The standard InChI is InChI=1S/C20H16F3N5O4S/c1-26-15-8-3-11(10-16(15)27(2)19(26)30)9-14-17(20(21,22)23)25-28(18(14)29)12-4-6-13(7-5-12)33(24,31)32/h3-10H,1-2H3,(H2,24,31,32). The third kappa shape index (κ3) is 3.85. The number of halogens is 3. The molecule has 0 saturated carbocycles. The Labute approximate surface area is 184 Å². The molecule has 0 fully saturated rings. The molecule has 3 aromatic rings. The molecule has 2 aromatic carbocycles. The number of rotatable bonds is 3. The zero-order valence-electron chi connectivity index (χ0n) is 17.2. The summed E-state index contributed by atoms with van der Waals surface area (Å²) in [6.07, 6.45) is -3.88. The van der Waals surface area contributed by atoms with Crippen LogP contribution in [-0.2, 0) is 28.9 Å².